The van der Waals surface area contributed by atoms with E-state index >= 15 is 0 Å². The van der Waals surface area contributed by atoms with Crippen LogP contribution in [-0.4, -0.2) is 21.5 Å². The predicted octanol–water partition coefficient (Wildman–Crippen LogP) is 1.39. The van der Waals surface area contributed by atoms with Gasteiger partial charge in [0.05, 0.1) is 0 Å². The molecule has 6 heteroatoms. The minimum absolute atomic E-state index is 0.313. The van der Waals surface area contributed by atoms with Crippen molar-refractivity contribution in [1.82, 2.24) is 5.32 Å². The zero-order valence-electron chi connectivity index (χ0n) is 9.91. The summed E-state index contributed by atoms with van der Waals surface area (Å²) in [7, 11) is -3.64. The van der Waals surface area contributed by atoms with Gasteiger partial charge in [-0.1, -0.05) is 6.08 Å². The Morgan fingerprint density at radius 3 is 2.59 bits per heavy atom. The van der Waals surface area contributed by atoms with Crippen molar-refractivity contribution in [3.63, 3.8) is 0 Å². The summed E-state index contributed by atoms with van der Waals surface area (Å²) in [6.45, 7) is 5.42. The van der Waals surface area contributed by atoms with Crippen LogP contribution in [0.3, 0.4) is 0 Å². The normalized spacial score (nSPS) is 17.0. The molecule has 0 amide bonds. The Hall–Kier alpha value is -0.690. The Balaban J connectivity index is 2.64. The molecule has 0 unspecified atom stereocenters. The minimum atomic E-state index is -3.64. The highest BCUT2D eigenvalue weighted by molar-refractivity contribution is 7.89. The fraction of sp³-hybridized carbons (Fsp3) is 0.455. The Bertz CT molecular complexity index is 571. The number of hydrogen-bond acceptors (Lipinski definition) is 4. The Kier molecular flexibility index (Phi) is 3.40. The zero-order valence-corrected chi connectivity index (χ0v) is 11.5. The van der Waals surface area contributed by atoms with Gasteiger partial charge in [0.2, 0.25) is 10.0 Å². The van der Waals surface area contributed by atoms with E-state index in [-0.39, 0.29) is 0 Å². The second-order valence-electron chi connectivity index (χ2n) is 4.15. The van der Waals surface area contributed by atoms with Crippen molar-refractivity contribution in [3.8, 4) is 0 Å². The molecule has 1 aliphatic rings. The molecule has 2 heterocycles. The number of nitrogens with two attached hydrogens (primary N) is 1. The second-order valence-corrected chi connectivity index (χ2v) is 7.07. The first-order chi connectivity index (χ1) is 7.91. The molecule has 0 spiro atoms. The number of aryl methyl sites for hydroxylation is 2. The molecule has 0 saturated heterocycles. The van der Waals surface area contributed by atoms with Crippen LogP contribution in [-0.2, 0) is 10.0 Å². The van der Waals surface area contributed by atoms with Gasteiger partial charge in [-0.15, -0.1) is 11.3 Å². The van der Waals surface area contributed by atoms with Crippen molar-refractivity contribution < 1.29 is 8.42 Å². The molecule has 0 radical (unpaired) electrons. The van der Waals surface area contributed by atoms with E-state index in [0.717, 1.165) is 40.4 Å². The highest BCUT2D eigenvalue weighted by Gasteiger charge is 2.24. The van der Waals surface area contributed by atoms with Gasteiger partial charge < -0.3 is 5.32 Å². The van der Waals surface area contributed by atoms with Crippen LogP contribution in [0, 0.1) is 13.8 Å². The molecule has 94 valence electrons. The molecule has 3 N–H and O–H groups in total. The first kappa shape index (κ1) is 12.8. The Morgan fingerprint density at radius 1 is 1.35 bits per heavy atom. The number of sulfonamides is 1. The summed E-state index contributed by atoms with van der Waals surface area (Å²) >= 11 is 1.50. The molecule has 1 aromatic heterocycles. The van der Waals surface area contributed by atoms with E-state index < -0.39 is 10.0 Å². The van der Waals surface area contributed by atoms with E-state index in [1.165, 1.54) is 11.3 Å². The van der Waals surface area contributed by atoms with Crippen molar-refractivity contribution in [3.05, 3.63) is 21.4 Å². The molecule has 17 heavy (non-hydrogen) atoms. The number of thiophene rings is 1. The molecule has 0 fully saturated rings. The van der Waals surface area contributed by atoms with Crippen LogP contribution in [0.15, 0.2) is 11.0 Å². The van der Waals surface area contributed by atoms with Gasteiger partial charge in [-0.25, -0.2) is 13.6 Å². The van der Waals surface area contributed by atoms with Gasteiger partial charge >= 0.3 is 0 Å². The van der Waals surface area contributed by atoms with Gasteiger partial charge in [0.25, 0.3) is 0 Å². The SMILES string of the molecule is Cc1sc(C)c(S(N)(=O)=O)c1C1=CCNCC1. The van der Waals surface area contributed by atoms with Crippen LogP contribution < -0.4 is 10.5 Å². The van der Waals surface area contributed by atoms with Crippen molar-refractivity contribution in [2.24, 2.45) is 5.14 Å². The maximum atomic E-state index is 11.7. The van der Waals surface area contributed by atoms with E-state index in [0.29, 0.717) is 4.90 Å². The first-order valence-electron chi connectivity index (χ1n) is 5.44. The summed E-state index contributed by atoms with van der Waals surface area (Å²) in [5.74, 6) is 0. The molecule has 4 nitrogen and oxygen atoms in total. The van der Waals surface area contributed by atoms with Gasteiger partial charge in [0.1, 0.15) is 4.90 Å². The summed E-state index contributed by atoms with van der Waals surface area (Å²) in [5, 5.41) is 8.53. The standard InChI is InChI=1S/C11H16N2O2S2/c1-7-10(9-3-5-13-6-4-9)11(8(2)16-7)17(12,14)15/h3,13H,4-6H2,1-2H3,(H2,12,14,15). The average Bonchev–Trinajstić information content (AvgIpc) is 2.54. The molecule has 0 bridgehead atoms. The van der Waals surface area contributed by atoms with E-state index in [1.54, 1.807) is 0 Å². The lowest BCUT2D eigenvalue weighted by Crippen LogP contribution is -2.21. The number of nitrogens with one attached hydrogen (secondary N) is 1. The van der Waals surface area contributed by atoms with Gasteiger partial charge in [-0.05, 0) is 32.4 Å². The van der Waals surface area contributed by atoms with E-state index in [1.807, 2.05) is 19.9 Å². The fourth-order valence-corrected chi connectivity index (χ4v) is 4.72. The smallest absolute Gasteiger partial charge is 0.239 e. The van der Waals surface area contributed by atoms with Crippen LogP contribution in [0.4, 0.5) is 0 Å². The minimum Gasteiger partial charge on any atom is -0.313 e. The molecular weight excluding hydrogens is 256 g/mol. The summed E-state index contributed by atoms with van der Waals surface area (Å²) in [6, 6.07) is 0. The van der Waals surface area contributed by atoms with Gasteiger partial charge in [0, 0.05) is 21.9 Å². The van der Waals surface area contributed by atoms with Crippen molar-refractivity contribution in [2.75, 3.05) is 13.1 Å². The quantitative estimate of drug-likeness (QED) is 0.854. The monoisotopic (exact) mass is 272 g/mol. The first-order valence-corrected chi connectivity index (χ1v) is 7.80. The molecule has 0 atom stereocenters. The lowest BCUT2D eigenvalue weighted by atomic mass is 10.0. The van der Waals surface area contributed by atoms with Crippen molar-refractivity contribution in [1.29, 1.82) is 0 Å². The summed E-state index contributed by atoms with van der Waals surface area (Å²) in [5.41, 5.74) is 1.92. The maximum absolute atomic E-state index is 11.7. The lowest BCUT2D eigenvalue weighted by Gasteiger charge is -2.15. The molecule has 2 rings (SSSR count). The van der Waals surface area contributed by atoms with E-state index in [2.05, 4.69) is 5.32 Å². The van der Waals surface area contributed by atoms with Crippen LogP contribution in [0.25, 0.3) is 5.57 Å². The van der Waals surface area contributed by atoms with Gasteiger partial charge in [-0.2, -0.15) is 0 Å². The number of primary sulfonamides is 1. The van der Waals surface area contributed by atoms with Crippen molar-refractivity contribution >= 4 is 26.9 Å². The zero-order chi connectivity index (χ0) is 12.6. The molecule has 0 aliphatic carbocycles. The fourth-order valence-electron chi connectivity index (χ4n) is 2.23. The second kappa shape index (κ2) is 4.53. The number of hydrogen-bond donors (Lipinski definition) is 2. The van der Waals surface area contributed by atoms with Gasteiger partial charge in [0.15, 0.2) is 0 Å². The molecule has 1 aliphatic heterocycles. The van der Waals surface area contributed by atoms with Crippen LogP contribution in [0.5, 0.6) is 0 Å². The Morgan fingerprint density at radius 2 is 2.06 bits per heavy atom. The number of rotatable bonds is 2. The van der Waals surface area contributed by atoms with Gasteiger partial charge in [-0.3, -0.25) is 0 Å². The van der Waals surface area contributed by atoms with Crippen LogP contribution in [0.1, 0.15) is 21.7 Å². The third-order valence-electron chi connectivity index (χ3n) is 2.87. The molecule has 1 aromatic rings. The molecule has 0 aromatic carbocycles. The van der Waals surface area contributed by atoms with Crippen LogP contribution >= 0.6 is 11.3 Å². The van der Waals surface area contributed by atoms with Crippen LogP contribution in [0.2, 0.25) is 0 Å². The maximum Gasteiger partial charge on any atom is 0.239 e. The summed E-state index contributed by atoms with van der Waals surface area (Å²) in [4.78, 5) is 2.12. The van der Waals surface area contributed by atoms with E-state index in [4.69, 9.17) is 5.14 Å². The topological polar surface area (TPSA) is 72.2 Å². The molecular formula is C11H16N2O2S2. The highest BCUT2D eigenvalue weighted by Crippen LogP contribution is 2.36. The summed E-state index contributed by atoms with van der Waals surface area (Å²) < 4.78 is 23.3. The average molecular weight is 272 g/mol. The third kappa shape index (κ3) is 2.44. The lowest BCUT2D eigenvalue weighted by molar-refractivity contribution is 0.597. The summed E-state index contributed by atoms with van der Waals surface area (Å²) in [6.07, 6.45) is 2.90. The molecule has 0 saturated carbocycles. The van der Waals surface area contributed by atoms with E-state index in [9.17, 15) is 8.42 Å². The van der Waals surface area contributed by atoms with Crippen molar-refractivity contribution in [2.45, 2.75) is 25.2 Å². The largest absolute Gasteiger partial charge is 0.313 e. The third-order valence-corrected chi connectivity index (χ3v) is 5.10. The predicted molar refractivity (Wildman–Crippen MR) is 70.6 cm³/mol. The highest BCUT2D eigenvalue weighted by atomic mass is 32.2. The Labute approximate surface area is 106 Å².